The summed E-state index contributed by atoms with van der Waals surface area (Å²) in [4.78, 5) is 11.4. The predicted octanol–water partition coefficient (Wildman–Crippen LogP) is -3.48. The van der Waals surface area contributed by atoms with Crippen LogP contribution in [-0.4, -0.2) is 141 Å². The van der Waals surface area contributed by atoms with Gasteiger partial charge in [-0.2, -0.15) is 0 Å². The van der Waals surface area contributed by atoms with Crippen molar-refractivity contribution in [3.05, 3.63) is 0 Å². The fourth-order valence-electron chi connectivity index (χ4n) is 3.21. The first-order chi connectivity index (χ1) is 17.8. The summed E-state index contributed by atoms with van der Waals surface area (Å²) < 4.78 is 115. The van der Waals surface area contributed by atoms with Crippen LogP contribution in [0.1, 0.15) is 0 Å². The van der Waals surface area contributed by atoms with Crippen LogP contribution in [0.25, 0.3) is 0 Å². The Kier molecular flexibility index (Phi) is 9.10. The molecule has 1 N–H and O–H groups in total. The van der Waals surface area contributed by atoms with E-state index in [-0.39, 0.29) is 0 Å². The van der Waals surface area contributed by atoms with Crippen LogP contribution in [0.3, 0.4) is 0 Å². The lowest BCUT2D eigenvalue weighted by atomic mass is 11.8. The van der Waals surface area contributed by atoms with Crippen LogP contribution in [0.4, 0.5) is 0 Å². The van der Waals surface area contributed by atoms with Gasteiger partial charge >= 0.3 is 72.4 Å². The van der Waals surface area contributed by atoms with Crippen molar-refractivity contribution in [2.24, 2.45) is 0 Å². The zero-order chi connectivity index (χ0) is 28.1. The molecule has 0 amide bonds. The maximum Gasteiger partial charge on any atom is 0.667 e. The van der Waals surface area contributed by atoms with Crippen LogP contribution < -0.4 is 0 Å². The highest BCUT2D eigenvalue weighted by molar-refractivity contribution is 6.96. The lowest BCUT2D eigenvalue weighted by Gasteiger charge is -2.55. The van der Waals surface area contributed by atoms with Gasteiger partial charge in [0.05, 0.1) is 0 Å². The molecule has 0 radical (unpaired) electrons. The molecule has 4 fully saturated rings. The van der Waals surface area contributed by atoms with E-state index < -0.39 is 72.4 Å². The Morgan fingerprint density at radius 1 is 0.342 bits per heavy atom. The lowest BCUT2D eigenvalue weighted by Crippen LogP contribution is -2.89. The van der Waals surface area contributed by atoms with Gasteiger partial charge in [0, 0.05) is 64.0 Å². The predicted molar refractivity (Wildman–Crippen MR) is 123 cm³/mol. The second-order valence-electron chi connectivity index (χ2n) is 6.98. The van der Waals surface area contributed by atoms with Crippen LogP contribution in [0.2, 0.25) is 0 Å². The third kappa shape index (κ3) is 5.39. The number of fused-ring (bicyclic) bond motifs is 4. The molecule has 4 heterocycles. The highest BCUT2D eigenvalue weighted by atomic mass is 28.6. The molecule has 0 aromatic rings. The molecule has 222 valence electrons. The van der Waals surface area contributed by atoms with E-state index in [0.29, 0.717) is 0 Å². The summed E-state index contributed by atoms with van der Waals surface area (Å²) in [6.07, 6.45) is 0. The standard InChI is InChI=1S/C9H28O21Si8/c1-11-31(10)20-32(12-2,13-3)22-35(17-7)25-37(19-9)26-36(18-8)24-33(14-4,15-5)23-34(16-6,21-31)27-38(28-35,29-36)30-37/h10H,1-9H3. The van der Waals surface area contributed by atoms with Crippen molar-refractivity contribution < 1.29 is 89.9 Å². The molecule has 5 bridgehead atoms. The summed E-state index contributed by atoms with van der Waals surface area (Å²) in [6.45, 7) is 0. The molecule has 29 heteroatoms. The van der Waals surface area contributed by atoms with Crippen molar-refractivity contribution in [3.8, 4) is 0 Å². The molecule has 4 aliphatic heterocycles. The first-order valence-corrected chi connectivity index (χ1v) is 23.3. The monoisotopic (exact) mass is 696 g/mol. The number of hydrogen-bond acceptors (Lipinski definition) is 21. The number of rotatable bonds is 9. The number of hydrogen-bond donors (Lipinski definition) is 1. The van der Waals surface area contributed by atoms with Crippen molar-refractivity contribution in [2.45, 2.75) is 0 Å². The fourth-order valence-corrected chi connectivity index (χ4v) is 35.8. The van der Waals surface area contributed by atoms with Gasteiger partial charge in [0.2, 0.25) is 0 Å². The van der Waals surface area contributed by atoms with E-state index in [0.717, 1.165) is 28.4 Å². The first kappa shape index (κ1) is 31.8. The van der Waals surface area contributed by atoms with Crippen molar-refractivity contribution >= 4 is 72.4 Å². The van der Waals surface area contributed by atoms with E-state index >= 15 is 0 Å². The Morgan fingerprint density at radius 2 is 0.658 bits per heavy atom. The van der Waals surface area contributed by atoms with Crippen molar-refractivity contribution in [2.75, 3.05) is 64.0 Å². The van der Waals surface area contributed by atoms with Crippen molar-refractivity contribution in [1.82, 2.24) is 0 Å². The highest BCUT2D eigenvalue weighted by Crippen LogP contribution is 2.47. The fraction of sp³-hybridized carbons (Fsp3) is 1.00. The molecule has 4 aliphatic rings. The van der Waals surface area contributed by atoms with E-state index in [4.69, 9.17) is 85.1 Å². The molecule has 0 aromatic heterocycles. The Labute approximate surface area is 226 Å². The molecule has 6 unspecified atom stereocenters. The molecular weight excluding hydrogens is 669 g/mol. The third-order valence-electron chi connectivity index (χ3n) is 5.02. The van der Waals surface area contributed by atoms with E-state index in [1.165, 1.54) is 35.5 Å². The van der Waals surface area contributed by atoms with Crippen LogP contribution in [0.15, 0.2) is 0 Å². The van der Waals surface area contributed by atoms with Gasteiger partial charge in [0.15, 0.2) is 0 Å². The second-order valence-corrected chi connectivity index (χ2v) is 27.7. The molecular formula is C9H28O21Si8. The van der Waals surface area contributed by atoms with Crippen molar-refractivity contribution in [1.29, 1.82) is 0 Å². The van der Waals surface area contributed by atoms with Gasteiger partial charge in [-0.1, -0.05) is 0 Å². The molecule has 21 nitrogen and oxygen atoms in total. The minimum absolute atomic E-state index is 1.07. The van der Waals surface area contributed by atoms with Crippen LogP contribution >= 0.6 is 0 Å². The molecule has 38 heavy (non-hydrogen) atoms. The molecule has 4 rings (SSSR count). The average molecular weight is 697 g/mol. The molecule has 0 aliphatic carbocycles. The molecule has 1 spiro atoms. The minimum atomic E-state index is -4.96. The van der Waals surface area contributed by atoms with E-state index in [9.17, 15) is 4.80 Å². The summed E-state index contributed by atoms with van der Waals surface area (Å²) in [5.74, 6) is 0. The van der Waals surface area contributed by atoms with Crippen molar-refractivity contribution in [3.63, 3.8) is 0 Å². The lowest BCUT2D eigenvalue weighted by molar-refractivity contribution is -0.147. The Morgan fingerprint density at radius 3 is 0.974 bits per heavy atom. The van der Waals surface area contributed by atoms with Gasteiger partial charge in [-0.05, 0) is 0 Å². The maximum absolute atomic E-state index is 11.4. The Hall–Kier alpha value is 0.895. The van der Waals surface area contributed by atoms with Gasteiger partial charge < -0.3 is 89.9 Å². The SMILES string of the molecule is CO[Si]1(O)O[Si](OC)(OC)O[Si]2(OC)O[Si]3(OC)O[Si]4(OC)O[Si](OC)(OC)O[Si](OC)(O1)O[Si](O2)(O4)O3. The van der Waals surface area contributed by atoms with Crippen LogP contribution in [-0.2, 0) is 85.1 Å². The van der Waals surface area contributed by atoms with Gasteiger partial charge in [-0.3, -0.25) is 0 Å². The summed E-state index contributed by atoms with van der Waals surface area (Å²) in [7, 11) is -26.8. The molecule has 0 saturated carbocycles. The minimum Gasteiger partial charge on any atom is -0.368 e. The van der Waals surface area contributed by atoms with Gasteiger partial charge in [0.1, 0.15) is 0 Å². The largest absolute Gasteiger partial charge is 0.667 e. The average Bonchev–Trinajstić information content (AvgIpc) is 2.90. The highest BCUT2D eigenvalue weighted by Gasteiger charge is 2.89. The second kappa shape index (κ2) is 10.9. The molecule has 6 atom stereocenters. The van der Waals surface area contributed by atoms with E-state index in [1.54, 1.807) is 0 Å². The quantitative estimate of drug-likeness (QED) is 0.232. The smallest absolute Gasteiger partial charge is 0.368 e. The normalized spacial score (nSPS) is 45.9. The zero-order valence-electron chi connectivity index (χ0n) is 21.6. The summed E-state index contributed by atoms with van der Waals surface area (Å²) in [5.41, 5.74) is 0. The van der Waals surface area contributed by atoms with Crippen LogP contribution in [0, 0.1) is 0 Å². The third-order valence-corrected chi connectivity index (χ3v) is 31.6. The van der Waals surface area contributed by atoms with Crippen LogP contribution in [0.5, 0.6) is 0 Å². The topological polar surface area (TPSA) is 205 Å². The van der Waals surface area contributed by atoms with Gasteiger partial charge in [-0.15, -0.1) is 0 Å². The Balaban J connectivity index is 2.02. The zero-order valence-corrected chi connectivity index (χ0v) is 29.6. The Bertz CT molecular complexity index is 865. The van der Waals surface area contributed by atoms with Gasteiger partial charge in [-0.25, -0.2) is 0 Å². The van der Waals surface area contributed by atoms with E-state index in [1.807, 2.05) is 0 Å². The van der Waals surface area contributed by atoms with E-state index in [2.05, 4.69) is 0 Å². The molecule has 4 saturated heterocycles. The summed E-state index contributed by atoms with van der Waals surface area (Å²) in [6, 6.07) is 0. The van der Waals surface area contributed by atoms with Gasteiger partial charge in [0.25, 0.3) is 0 Å². The molecule has 0 aromatic carbocycles. The summed E-state index contributed by atoms with van der Waals surface area (Å²) in [5, 5.41) is 0. The summed E-state index contributed by atoms with van der Waals surface area (Å²) >= 11 is 0. The first-order valence-electron chi connectivity index (χ1n) is 10.2. The maximum atomic E-state index is 11.4.